The van der Waals surface area contributed by atoms with Crippen molar-refractivity contribution in [3.05, 3.63) is 52.1 Å². The summed E-state index contributed by atoms with van der Waals surface area (Å²) in [6.07, 6.45) is -4.41. The van der Waals surface area contributed by atoms with E-state index in [4.69, 9.17) is 12.2 Å². The number of hydrogen-bond donors (Lipinski definition) is 2. The van der Waals surface area contributed by atoms with Crippen LogP contribution in [-0.2, 0) is 17.5 Å². The van der Waals surface area contributed by atoms with Gasteiger partial charge in [-0.15, -0.1) is 11.3 Å². The molecule has 136 valence electrons. The number of benzene rings is 1. The van der Waals surface area contributed by atoms with Crippen LogP contribution in [-0.4, -0.2) is 20.7 Å². The van der Waals surface area contributed by atoms with E-state index in [1.165, 1.54) is 23.5 Å². The Labute approximate surface area is 155 Å². The summed E-state index contributed by atoms with van der Waals surface area (Å²) in [7, 11) is 0. The summed E-state index contributed by atoms with van der Waals surface area (Å²) in [4.78, 5) is 13.0. The summed E-state index contributed by atoms with van der Waals surface area (Å²) >= 11 is 6.67. The van der Waals surface area contributed by atoms with Crippen LogP contribution in [0.4, 0.5) is 18.9 Å². The molecule has 0 aliphatic rings. The van der Waals surface area contributed by atoms with Crippen LogP contribution >= 0.6 is 23.6 Å². The van der Waals surface area contributed by atoms with Crippen molar-refractivity contribution in [1.82, 2.24) is 14.8 Å². The standard InChI is InChI=1S/C16H13F3N4OS2/c17-16(18,19)10-3-1-4-11(9-10)20-13(24)6-7-23-14(21-22-15(23)25)12-5-2-8-26-12/h1-5,8-9H,6-7H2,(H,20,24)(H,22,25). The highest BCUT2D eigenvalue weighted by Crippen LogP contribution is 2.30. The van der Waals surface area contributed by atoms with Gasteiger partial charge < -0.3 is 5.32 Å². The van der Waals surface area contributed by atoms with Gasteiger partial charge in [-0.1, -0.05) is 12.1 Å². The third-order valence-electron chi connectivity index (χ3n) is 3.54. The van der Waals surface area contributed by atoms with Crippen LogP contribution in [0.15, 0.2) is 41.8 Å². The number of aromatic amines is 1. The van der Waals surface area contributed by atoms with Gasteiger partial charge in [-0.2, -0.15) is 18.3 Å². The second-order valence-corrected chi connectivity index (χ2v) is 6.69. The number of halogens is 3. The number of carbonyl (C=O) groups is 1. The molecule has 2 N–H and O–H groups in total. The first-order valence-corrected chi connectivity index (χ1v) is 8.79. The summed E-state index contributed by atoms with van der Waals surface area (Å²) in [6, 6.07) is 8.27. The molecule has 0 radical (unpaired) electrons. The minimum atomic E-state index is -4.46. The van der Waals surface area contributed by atoms with E-state index < -0.39 is 17.6 Å². The van der Waals surface area contributed by atoms with Crippen LogP contribution < -0.4 is 5.32 Å². The van der Waals surface area contributed by atoms with Crippen molar-refractivity contribution in [3.8, 4) is 10.7 Å². The Bertz CT molecular complexity index is 961. The Kier molecular flexibility index (Phi) is 5.23. The maximum atomic E-state index is 12.7. The highest BCUT2D eigenvalue weighted by atomic mass is 32.1. The molecule has 0 bridgehead atoms. The van der Waals surface area contributed by atoms with Gasteiger partial charge in [-0.25, -0.2) is 0 Å². The highest BCUT2D eigenvalue weighted by Gasteiger charge is 2.30. The summed E-state index contributed by atoms with van der Waals surface area (Å²) in [5.41, 5.74) is -0.716. The zero-order valence-electron chi connectivity index (χ0n) is 13.2. The first kappa shape index (κ1) is 18.3. The maximum absolute atomic E-state index is 12.7. The lowest BCUT2D eigenvalue weighted by Crippen LogP contribution is -2.15. The van der Waals surface area contributed by atoms with E-state index in [0.29, 0.717) is 10.6 Å². The van der Waals surface area contributed by atoms with Crippen molar-refractivity contribution in [3.63, 3.8) is 0 Å². The van der Waals surface area contributed by atoms with Crippen molar-refractivity contribution < 1.29 is 18.0 Å². The zero-order chi connectivity index (χ0) is 18.7. The number of hydrogen-bond acceptors (Lipinski definition) is 4. The van der Waals surface area contributed by atoms with Gasteiger partial charge >= 0.3 is 6.18 Å². The SMILES string of the molecule is O=C(CCn1c(-c2cccs2)n[nH]c1=S)Nc1cccc(C(F)(F)F)c1. The van der Waals surface area contributed by atoms with Crippen LogP contribution in [0.3, 0.4) is 0 Å². The van der Waals surface area contributed by atoms with Gasteiger partial charge in [0.1, 0.15) is 0 Å². The molecule has 0 spiro atoms. The molecule has 1 aromatic carbocycles. The molecule has 5 nitrogen and oxygen atoms in total. The predicted molar refractivity (Wildman–Crippen MR) is 95.4 cm³/mol. The van der Waals surface area contributed by atoms with Gasteiger partial charge in [-0.3, -0.25) is 14.5 Å². The van der Waals surface area contributed by atoms with Crippen molar-refractivity contribution in [1.29, 1.82) is 0 Å². The molecule has 2 heterocycles. The van der Waals surface area contributed by atoms with E-state index >= 15 is 0 Å². The molecule has 26 heavy (non-hydrogen) atoms. The number of H-pyrrole nitrogens is 1. The van der Waals surface area contributed by atoms with Crippen molar-refractivity contribution in [2.45, 2.75) is 19.1 Å². The number of thiophene rings is 1. The lowest BCUT2D eigenvalue weighted by atomic mass is 10.2. The molecular weight excluding hydrogens is 385 g/mol. The molecule has 1 amide bonds. The Hall–Kier alpha value is -2.46. The zero-order valence-corrected chi connectivity index (χ0v) is 14.8. The average Bonchev–Trinajstić information content (AvgIpc) is 3.22. The average molecular weight is 398 g/mol. The predicted octanol–water partition coefficient (Wildman–Crippen LogP) is 4.72. The molecule has 2 aromatic heterocycles. The topological polar surface area (TPSA) is 62.7 Å². The van der Waals surface area contributed by atoms with Crippen LogP contribution in [0.25, 0.3) is 10.7 Å². The number of alkyl halides is 3. The van der Waals surface area contributed by atoms with Gasteiger partial charge in [0.2, 0.25) is 5.91 Å². The number of nitrogens with zero attached hydrogens (tertiary/aromatic N) is 2. The van der Waals surface area contributed by atoms with Gasteiger partial charge in [0.25, 0.3) is 0 Å². The third kappa shape index (κ3) is 4.20. The molecule has 3 rings (SSSR count). The van der Waals surface area contributed by atoms with Crippen LogP contribution in [0.1, 0.15) is 12.0 Å². The third-order valence-corrected chi connectivity index (χ3v) is 4.71. The Morgan fingerprint density at radius 3 is 2.81 bits per heavy atom. The molecule has 0 aliphatic carbocycles. The smallest absolute Gasteiger partial charge is 0.326 e. The molecule has 0 aliphatic heterocycles. The van der Waals surface area contributed by atoms with E-state index in [0.717, 1.165) is 17.0 Å². The lowest BCUT2D eigenvalue weighted by Gasteiger charge is -2.10. The van der Waals surface area contributed by atoms with Crippen LogP contribution in [0.2, 0.25) is 0 Å². The normalized spacial score (nSPS) is 11.5. The summed E-state index contributed by atoms with van der Waals surface area (Å²) < 4.78 is 40.2. The van der Waals surface area contributed by atoms with E-state index in [9.17, 15) is 18.0 Å². The molecule has 3 aromatic rings. The Morgan fingerprint density at radius 1 is 1.31 bits per heavy atom. The highest BCUT2D eigenvalue weighted by molar-refractivity contribution is 7.71. The molecule has 0 atom stereocenters. The Morgan fingerprint density at radius 2 is 2.12 bits per heavy atom. The molecule has 0 saturated carbocycles. The van der Waals surface area contributed by atoms with Crippen molar-refractivity contribution in [2.24, 2.45) is 0 Å². The molecule has 0 saturated heterocycles. The minimum Gasteiger partial charge on any atom is -0.326 e. The van der Waals surface area contributed by atoms with Gasteiger partial charge in [0.05, 0.1) is 10.4 Å². The van der Waals surface area contributed by atoms with Crippen LogP contribution in [0, 0.1) is 4.77 Å². The number of rotatable bonds is 5. The van der Waals surface area contributed by atoms with E-state index in [2.05, 4.69) is 15.5 Å². The second-order valence-electron chi connectivity index (χ2n) is 5.36. The maximum Gasteiger partial charge on any atom is 0.416 e. The largest absolute Gasteiger partial charge is 0.416 e. The quantitative estimate of drug-likeness (QED) is 0.612. The molecule has 0 unspecified atom stereocenters. The van der Waals surface area contributed by atoms with Crippen molar-refractivity contribution in [2.75, 3.05) is 5.32 Å². The van der Waals surface area contributed by atoms with Gasteiger partial charge in [0, 0.05) is 18.7 Å². The Balaban J connectivity index is 1.68. The summed E-state index contributed by atoms with van der Waals surface area (Å²) in [5, 5.41) is 11.2. The molecule has 0 fully saturated rings. The number of aromatic nitrogens is 3. The van der Waals surface area contributed by atoms with E-state index in [1.807, 2.05) is 17.5 Å². The second kappa shape index (κ2) is 7.42. The fraction of sp³-hybridized carbons (Fsp3) is 0.188. The fourth-order valence-electron chi connectivity index (χ4n) is 2.33. The molecule has 10 heteroatoms. The summed E-state index contributed by atoms with van der Waals surface area (Å²) in [6.45, 7) is 0.257. The fourth-order valence-corrected chi connectivity index (χ4v) is 3.27. The number of amides is 1. The molecular formula is C16H13F3N4OS2. The lowest BCUT2D eigenvalue weighted by molar-refractivity contribution is -0.137. The van der Waals surface area contributed by atoms with Gasteiger partial charge in [0.15, 0.2) is 10.6 Å². The first-order valence-electron chi connectivity index (χ1n) is 7.51. The number of carbonyl (C=O) groups excluding carboxylic acids is 1. The van der Waals surface area contributed by atoms with E-state index in [-0.39, 0.29) is 18.7 Å². The van der Waals surface area contributed by atoms with Gasteiger partial charge in [-0.05, 0) is 41.9 Å². The number of nitrogens with one attached hydrogen (secondary N) is 2. The summed E-state index contributed by atoms with van der Waals surface area (Å²) in [5.74, 6) is 0.210. The minimum absolute atomic E-state index is 0.0441. The van der Waals surface area contributed by atoms with Crippen LogP contribution in [0.5, 0.6) is 0 Å². The van der Waals surface area contributed by atoms with Crippen molar-refractivity contribution >= 4 is 35.1 Å². The monoisotopic (exact) mass is 398 g/mol. The van der Waals surface area contributed by atoms with E-state index in [1.54, 1.807) is 4.57 Å². The number of anilines is 1. The first-order chi connectivity index (χ1) is 12.3.